The summed E-state index contributed by atoms with van der Waals surface area (Å²) in [5.74, 6) is 0.794. The molecule has 0 aromatic carbocycles. The normalized spacial score (nSPS) is 15.4. The van der Waals surface area contributed by atoms with E-state index in [0.29, 0.717) is 90.4 Å². The molecule has 1 saturated heterocycles. The van der Waals surface area contributed by atoms with E-state index in [0.717, 1.165) is 64.6 Å². The second-order valence-corrected chi connectivity index (χ2v) is 19.0. The van der Waals surface area contributed by atoms with E-state index < -0.39 is 0 Å². The summed E-state index contributed by atoms with van der Waals surface area (Å²) in [6.45, 7) is 24.4. The molecule has 1 amide bonds. The van der Waals surface area contributed by atoms with Crippen LogP contribution in [-0.2, 0) is 33.2 Å². The van der Waals surface area contributed by atoms with Crippen LogP contribution in [0.2, 0.25) is 0 Å². The Morgan fingerprint density at radius 1 is 0.538 bits per heavy atom. The first-order chi connectivity index (χ1) is 31.8. The highest BCUT2D eigenvalue weighted by Crippen LogP contribution is 2.27. The van der Waals surface area contributed by atoms with Gasteiger partial charge in [-0.1, -0.05) is 177 Å². The summed E-state index contributed by atoms with van der Waals surface area (Å²) >= 11 is 0. The van der Waals surface area contributed by atoms with Gasteiger partial charge in [0, 0.05) is 71.6 Å². The van der Waals surface area contributed by atoms with Crippen LogP contribution in [0, 0.1) is 5.92 Å². The minimum absolute atomic E-state index is 0.0436. The van der Waals surface area contributed by atoms with Crippen molar-refractivity contribution >= 4 is 11.9 Å². The number of likely N-dealkylation sites (tertiary alicyclic amines) is 1. The number of carbonyl (C=O) groups excluding carboxylic acids is 2. The van der Waals surface area contributed by atoms with Crippen molar-refractivity contribution in [2.75, 3.05) is 65.8 Å². The molecule has 1 fully saturated rings. The van der Waals surface area contributed by atoms with Crippen LogP contribution in [0.5, 0.6) is 0 Å². The van der Waals surface area contributed by atoms with Gasteiger partial charge < -0.3 is 38.2 Å². The molecular weight excluding hydrogens is 817 g/mol. The molecule has 0 bridgehead atoms. The number of unbranched alkanes of at least 4 members (excludes halogenated alkanes) is 20. The van der Waals surface area contributed by atoms with E-state index >= 15 is 0 Å². The maximum atomic E-state index is 13.7. The molecule has 1 aliphatic rings. The number of allylic oxidation sites excluding steroid dienone is 1. The Labute approximate surface area is 401 Å². The van der Waals surface area contributed by atoms with E-state index in [1.165, 1.54) is 116 Å². The highest BCUT2D eigenvalue weighted by Gasteiger charge is 2.33. The summed E-state index contributed by atoms with van der Waals surface area (Å²) in [6, 6.07) is 0. The van der Waals surface area contributed by atoms with Gasteiger partial charge in [-0.05, 0) is 57.5 Å². The number of carbonyl (C=O) groups is 2. The van der Waals surface area contributed by atoms with Crippen molar-refractivity contribution in [1.82, 2.24) is 9.80 Å². The van der Waals surface area contributed by atoms with E-state index in [1.54, 1.807) is 4.90 Å². The zero-order valence-corrected chi connectivity index (χ0v) is 43.7. The SMILES string of the molecule is C=C(CCC(OCCCCCCCC)OCCCCCCCC)OC1CC(CC(=O)CCC(OCCCCCCCC)OCCCCCCCC)CN(C(=O)OCCCN(CC)CC)C1. The molecule has 0 aromatic heterocycles. The van der Waals surface area contributed by atoms with Crippen LogP contribution in [0.4, 0.5) is 4.79 Å². The highest BCUT2D eigenvalue weighted by molar-refractivity contribution is 5.78. The van der Waals surface area contributed by atoms with Gasteiger partial charge >= 0.3 is 6.09 Å². The van der Waals surface area contributed by atoms with Crippen molar-refractivity contribution in [2.45, 2.75) is 259 Å². The van der Waals surface area contributed by atoms with E-state index in [-0.39, 0.29) is 36.5 Å². The fourth-order valence-electron chi connectivity index (χ4n) is 8.71. The van der Waals surface area contributed by atoms with Gasteiger partial charge in [0.25, 0.3) is 0 Å². The second-order valence-electron chi connectivity index (χ2n) is 19.0. The van der Waals surface area contributed by atoms with Crippen molar-refractivity contribution in [1.29, 1.82) is 0 Å². The molecule has 0 aromatic rings. The molecule has 384 valence electrons. The van der Waals surface area contributed by atoms with Crippen molar-refractivity contribution in [3.8, 4) is 0 Å². The topological polar surface area (TPSA) is 96.0 Å². The Kier molecular flexibility index (Phi) is 42.2. The summed E-state index contributed by atoms with van der Waals surface area (Å²) in [5.41, 5.74) is 0. The van der Waals surface area contributed by atoms with Crippen molar-refractivity contribution < 1.29 is 38.0 Å². The Morgan fingerprint density at radius 2 is 0.954 bits per heavy atom. The Balaban J connectivity index is 2.90. The number of hydrogen-bond donors (Lipinski definition) is 0. The molecule has 10 nitrogen and oxygen atoms in total. The quantitative estimate of drug-likeness (QED) is 0.0336. The van der Waals surface area contributed by atoms with Crippen molar-refractivity contribution in [3.63, 3.8) is 0 Å². The second kappa shape index (κ2) is 44.8. The Morgan fingerprint density at radius 3 is 1.38 bits per heavy atom. The number of nitrogens with zero attached hydrogens (tertiary/aromatic N) is 2. The summed E-state index contributed by atoms with van der Waals surface area (Å²) in [7, 11) is 0. The molecule has 2 unspecified atom stereocenters. The molecule has 0 aliphatic carbocycles. The van der Waals surface area contributed by atoms with Gasteiger partial charge in [-0.15, -0.1) is 0 Å². The maximum absolute atomic E-state index is 13.7. The molecule has 1 rings (SSSR count). The average Bonchev–Trinajstić information content (AvgIpc) is 3.30. The predicted molar refractivity (Wildman–Crippen MR) is 270 cm³/mol. The maximum Gasteiger partial charge on any atom is 0.409 e. The molecule has 2 atom stereocenters. The van der Waals surface area contributed by atoms with E-state index in [9.17, 15) is 9.59 Å². The van der Waals surface area contributed by atoms with Crippen LogP contribution in [0.1, 0.15) is 241 Å². The molecule has 10 heteroatoms. The summed E-state index contributed by atoms with van der Waals surface area (Å²) in [5, 5.41) is 0. The summed E-state index contributed by atoms with van der Waals surface area (Å²) in [4.78, 5) is 31.3. The number of rotatable bonds is 48. The lowest BCUT2D eigenvalue weighted by molar-refractivity contribution is -0.151. The van der Waals surface area contributed by atoms with Gasteiger partial charge in [0.1, 0.15) is 11.9 Å². The third kappa shape index (κ3) is 36.0. The van der Waals surface area contributed by atoms with Gasteiger partial charge in [-0.2, -0.15) is 0 Å². The number of amides is 1. The molecular formula is C55H106N2O8. The zero-order valence-electron chi connectivity index (χ0n) is 43.7. The van der Waals surface area contributed by atoms with Gasteiger partial charge in [0.15, 0.2) is 12.6 Å². The molecule has 1 aliphatic heterocycles. The van der Waals surface area contributed by atoms with Crippen LogP contribution >= 0.6 is 0 Å². The van der Waals surface area contributed by atoms with Crippen LogP contribution in [0.15, 0.2) is 12.3 Å². The first-order valence-corrected chi connectivity index (χ1v) is 27.8. The third-order valence-electron chi connectivity index (χ3n) is 12.9. The fourth-order valence-corrected chi connectivity index (χ4v) is 8.71. The summed E-state index contributed by atoms with van der Waals surface area (Å²) < 4.78 is 37.5. The largest absolute Gasteiger partial charge is 0.494 e. The fraction of sp³-hybridized carbons (Fsp3) is 0.927. The molecule has 65 heavy (non-hydrogen) atoms. The van der Waals surface area contributed by atoms with Crippen LogP contribution in [0.3, 0.4) is 0 Å². The smallest absolute Gasteiger partial charge is 0.409 e. The van der Waals surface area contributed by atoms with Crippen LogP contribution in [-0.4, -0.2) is 106 Å². The Hall–Kier alpha value is -1.72. The van der Waals surface area contributed by atoms with Crippen molar-refractivity contribution in [3.05, 3.63) is 12.3 Å². The number of hydrogen-bond acceptors (Lipinski definition) is 9. The number of piperidine rings is 1. The van der Waals surface area contributed by atoms with Gasteiger partial charge in [-0.25, -0.2) is 4.79 Å². The lowest BCUT2D eigenvalue weighted by Gasteiger charge is -2.37. The number of Topliss-reactive ketones (excluding diaryl/α,β-unsaturated/α-hetero) is 1. The lowest BCUT2D eigenvalue weighted by atomic mass is 9.90. The Bertz CT molecular complexity index is 988. The number of ether oxygens (including phenoxy) is 6. The van der Waals surface area contributed by atoms with Crippen LogP contribution in [0.25, 0.3) is 0 Å². The standard InChI is InChI=1S/C55H106N2O8/c1-8-14-18-22-26-30-40-60-53(61-41-31-27-23-19-15-9-2)37-35-49(7)65-52-46-50(47-57(48-52)55(59)64-44-34-39-56(12-5)13-6)45-51(58)36-38-54(62-42-32-28-24-20-16-10-3)63-43-33-29-25-21-17-11-4/h50,52-54H,7-48H2,1-6H3. The van der Waals surface area contributed by atoms with E-state index in [2.05, 4.69) is 53.0 Å². The molecule has 1 heterocycles. The molecule has 0 saturated carbocycles. The van der Waals surface area contributed by atoms with Crippen LogP contribution < -0.4 is 0 Å². The predicted octanol–water partition coefficient (Wildman–Crippen LogP) is 14.8. The van der Waals surface area contributed by atoms with Gasteiger partial charge in [0.2, 0.25) is 0 Å². The average molecular weight is 923 g/mol. The monoisotopic (exact) mass is 923 g/mol. The van der Waals surface area contributed by atoms with Gasteiger partial charge in [-0.3, -0.25) is 4.79 Å². The zero-order chi connectivity index (χ0) is 47.4. The van der Waals surface area contributed by atoms with Crippen molar-refractivity contribution in [2.24, 2.45) is 5.92 Å². The molecule has 0 spiro atoms. The van der Waals surface area contributed by atoms with Gasteiger partial charge in [0.05, 0.1) is 18.9 Å². The third-order valence-corrected chi connectivity index (χ3v) is 12.9. The van der Waals surface area contributed by atoms with E-state index in [4.69, 9.17) is 28.4 Å². The number of ketones is 1. The first kappa shape index (κ1) is 61.3. The first-order valence-electron chi connectivity index (χ1n) is 27.8. The summed E-state index contributed by atoms with van der Waals surface area (Å²) in [6.07, 6.45) is 31.8. The highest BCUT2D eigenvalue weighted by atomic mass is 16.7. The lowest BCUT2D eigenvalue weighted by Crippen LogP contribution is -2.47. The molecule has 0 radical (unpaired) electrons. The minimum atomic E-state index is -0.368. The van der Waals surface area contributed by atoms with E-state index in [1.807, 2.05) is 0 Å². The molecule has 0 N–H and O–H groups in total. The minimum Gasteiger partial charge on any atom is -0.494 e.